The number of hydrogen-bond donors (Lipinski definition) is 0. The standard InChI is InChI=1S/C8H7NO3/c10-9(11)8-3-1-2-6-4-12-5-7(6)8/h1-3H,4-5H2. The van der Waals surface area contributed by atoms with Crippen molar-refractivity contribution in [1.29, 1.82) is 0 Å². The summed E-state index contributed by atoms with van der Waals surface area (Å²) in [6, 6.07) is 5.05. The van der Waals surface area contributed by atoms with Crippen LogP contribution in [-0.4, -0.2) is 4.92 Å². The highest BCUT2D eigenvalue weighted by Gasteiger charge is 2.21. The van der Waals surface area contributed by atoms with Crippen molar-refractivity contribution in [3.8, 4) is 0 Å². The molecule has 1 aliphatic rings. The minimum absolute atomic E-state index is 0.171. The lowest BCUT2D eigenvalue weighted by Gasteiger charge is -1.96. The third kappa shape index (κ3) is 0.967. The first-order valence-corrected chi connectivity index (χ1v) is 3.62. The van der Waals surface area contributed by atoms with Gasteiger partial charge in [-0.05, 0) is 5.56 Å². The normalized spacial score (nSPS) is 14.3. The van der Waals surface area contributed by atoms with Crippen LogP contribution >= 0.6 is 0 Å². The average molecular weight is 165 g/mol. The molecule has 0 bridgehead atoms. The van der Waals surface area contributed by atoms with Gasteiger partial charge in [0.1, 0.15) is 0 Å². The summed E-state index contributed by atoms with van der Waals surface area (Å²) in [7, 11) is 0. The largest absolute Gasteiger partial charge is 0.372 e. The zero-order chi connectivity index (χ0) is 8.55. The molecule has 2 rings (SSSR count). The molecule has 0 amide bonds. The molecule has 0 unspecified atom stereocenters. The monoisotopic (exact) mass is 165 g/mol. The first kappa shape index (κ1) is 7.24. The van der Waals surface area contributed by atoms with E-state index in [1.807, 2.05) is 6.07 Å². The van der Waals surface area contributed by atoms with Gasteiger partial charge in [0.25, 0.3) is 5.69 Å². The quantitative estimate of drug-likeness (QED) is 0.469. The van der Waals surface area contributed by atoms with Crippen LogP contribution in [0.4, 0.5) is 5.69 Å². The lowest BCUT2D eigenvalue weighted by Crippen LogP contribution is -1.93. The molecule has 0 aromatic heterocycles. The van der Waals surface area contributed by atoms with E-state index in [1.54, 1.807) is 6.07 Å². The SMILES string of the molecule is O=[N+]([O-])c1cccc2c1COC2. The molecular formula is C8H7NO3. The molecule has 12 heavy (non-hydrogen) atoms. The second-order valence-corrected chi connectivity index (χ2v) is 2.66. The molecule has 1 aliphatic heterocycles. The fourth-order valence-corrected chi connectivity index (χ4v) is 1.36. The van der Waals surface area contributed by atoms with Crippen LogP contribution in [0.3, 0.4) is 0 Å². The van der Waals surface area contributed by atoms with Gasteiger partial charge in [-0.3, -0.25) is 10.1 Å². The van der Waals surface area contributed by atoms with Crippen LogP contribution < -0.4 is 0 Å². The van der Waals surface area contributed by atoms with Crippen LogP contribution in [0, 0.1) is 10.1 Å². The highest BCUT2D eigenvalue weighted by Crippen LogP contribution is 2.28. The summed E-state index contributed by atoms with van der Waals surface area (Å²) in [5.74, 6) is 0. The van der Waals surface area contributed by atoms with E-state index in [1.165, 1.54) is 6.07 Å². The van der Waals surface area contributed by atoms with Gasteiger partial charge >= 0.3 is 0 Å². The third-order valence-electron chi connectivity index (χ3n) is 1.95. The number of nitrogens with zero attached hydrogens (tertiary/aromatic N) is 1. The molecule has 4 nitrogen and oxygen atoms in total. The Labute approximate surface area is 68.9 Å². The van der Waals surface area contributed by atoms with Gasteiger partial charge in [0, 0.05) is 6.07 Å². The molecule has 0 radical (unpaired) electrons. The number of nitro groups is 1. The van der Waals surface area contributed by atoms with Crippen LogP contribution in [-0.2, 0) is 18.0 Å². The molecule has 0 atom stereocenters. The molecule has 1 aromatic carbocycles. The molecule has 0 spiro atoms. The summed E-state index contributed by atoms with van der Waals surface area (Å²) in [6.07, 6.45) is 0. The Bertz CT molecular complexity index is 335. The van der Waals surface area contributed by atoms with Crippen LogP contribution in [0.5, 0.6) is 0 Å². The van der Waals surface area contributed by atoms with E-state index in [0.29, 0.717) is 13.2 Å². The van der Waals surface area contributed by atoms with Gasteiger partial charge in [-0.1, -0.05) is 12.1 Å². The van der Waals surface area contributed by atoms with Gasteiger partial charge < -0.3 is 4.74 Å². The maximum absolute atomic E-state index is 10.5. The van der Waals surface area contributed by atoms with Crippen molar-refractivity contribution in [2.24, 2.45) is 0 Å². The number of benzene rings is 1. The number of ether oxygens (including phenoxy) is 1. The van der Waals surface area contributed by atoms with Crippen molar-refractivity contribution >= 4 is 5.69 Å². The van der Waals surface area contributed by atoms with E-state index in [2.05, 4.69) is 0 Å². The van der Waals surface area contributed by atoms with Crippen LogP contribution in [0.25, 0.3) is 0 Å². The zero-order valence-corrected chi connectivity index (χ0v) is 6.32. The summed E-state index contributed by atoms with van der Waals surface area (Å²) in [5.41, 5.74) is 1.83. The molecule has 62 valence electrons. The lowest BCUT2D eigenvalue weighted by atomic mass is 10.1. The molecule has 0 saturated heterocycles. The van der Waals surface area contributed by atoms with Gasteiger partial charge in [-0.15, -0.1) is 0 Å². The maximum atomic E-state index is 10.5. The smallest absolute Gasteiger partial charge is 0.275 e. The van der Waals surface area contributed by atoms with Crippen molar-refractivity contribution in [2.45, 2.75) is 13.2 Å². The molecule has 1 heterocycles. The fraction of sp³-hybridized carbons (Fsp3) is 0.250. The second-order valence-electron chi connectivity index (χ2n) is 2.66. The number of hydrogen-bond acceptors (Lipinski definition) is 3. The fourth-order valence-electron chi connectivity index (χ4n) is 1.36. The molecule has 0 N–H and O–H groups in total. The van der Waals surface area contributed by atoms with Gasteiger partial charge in [-0.25, -0.2) is 0 Å². The Hall–Kier alpha value is -1.42. The van der Waals surface area contributed by atoms with Gasteiger partial charge in [0.15, 0.2) is 0 Å². The molecule has 0 aliphatic carbocycles. The van der Waals surface area contributed by atoms with Gasteiger partial charge in [0.2, 0.25) is 0 Å². The minimum Gasteiger partial charge on any atom is -0.372 e. The Morgan fingerprint density at radius 1 is 1.42 bits per heavy atom. The minimum atomic E-state index is -0.368. The first-order chi connectivity index (χ1) is 5.79. The average Bonchev–Trinajstić information content (AvgIpc) is 2.49. The summed E-state index contributed by atoms with van der Waals surface area (Å²) in [4.78, 5) is 10.1. The highest BCUT2D eigenvalue weighted by molar-refractivity contribution is 5.46. The van der Waals surface area contributed by atoms with Crippen LogP contribution in [0.15, 0.2) is 18.2 Å². The first-order valence-electron chi connectivity index (χ1n) is 3.62. The number of fused-ring (bicyclic) bond motifs is 1. The van der Waals surface area contributed by atoms with E-state index in [4.69, 9.17) is 4.74 Å². The molecule has 1 aromatic rings. The number of nitro benzene ring substituents is 1. The lowest BCUT2D eigenvalue weighted by molar-refractivity contribution is -0.385. The van der Waals surface area contributed by atoms with E-state index < -0.39 is 0 Å². The van der Waals surface area contributed by atoms with Crippen molar-refractivity contribution in [1.82, 2.24) is 0 Å². The topological polar surface area (TPSA) is 52.4 Å². The van der Waals surface area contributed by atoms with Crippen LogP contribution in [0.1, 0.15) is 11.1 Å². The number of rotatable bonds is 1. The van der Waals surface area contributed by atoms with Crippen molar-refractivity contribution < 1.29 is 9.66 Å². The second kappa shape index (κ2) is 2.57. The summed E-state index contributed by atoms with van der Waals surface area (Å²) < 4.78 is 5.10. The predicted molar refractivity (Wildman–Crippen MR) is 41.6 cm³/mol. The third-order valence-corrected chi connectivity index (χ3v) is 1.95. The molecule has 0 fully saturated rings. The van der Waals surface area contributed by atoms with E-state index in [9.17, 15) is 10.1 Å². The summed E-state index contributed by atoms with van der Waals surface area (Å²) in [5, 5.41) is 10.5. The Kier molecular flexibility index (Phi) is 1.55. The molecule has 4 heteroatoms. The van der Waals surface area contributed by atoms with Gasteiger partial charge in [0.05, 0.1) is 23.7 Å². The maximum Gasteiger partial charge on any atom is 0.275 e. The Morgan fingerprint density at radius 2 is 2.25 bits per heavy atom. The Morgan fingerprint density at radius 3 is 3.00 bits per heavy atom. The van der Waals surface area contributed by atoms with Crippen molar-refractivity contribution in [2.75, 3.05) is 0 Å². The highest BCUT2D eigenvalue weighted by atomic mass is 16.6. The zero-order valence-electron chi connectivity index (χ0n) is 6.32. The molecular weight excluding hydrogens is 158 g/mol. The van der Waals surface area contributed by atoms with E-state index in [-0.39, 0.29) is 10.6 Å². The summed E-state index contributed by atoms with van der Waals surface area (Å²) in [6.45, 7) is 0.865. The predicted octanol–water partition coefficient (Wildman–Crippen LogP) is 1.62. The van der Waals surface area contributed by atoms with Gasteiger partial charge in [-0.2, -0.15) is 0 Å². The molecule has 0 saturated carbocycles. The Balaban J connectivity index is 2.56. The van der Waals surface area contributed by atoms with Crippen LogP contribution in [0.2, 0.25) is 0 Å². The summed E-state index contributed by atoms with van der Waals surface area (Å²) >= 11 is 0. The van der Waals surface area contributed by atoms with Crippen molar-refractivity contribution in [3.63, 3.8) is 0 Å². The van der Waals surface area contributed by atoms with E-state index >= 15 is 0 Å². The van der Waals surface area contributed by atoms with E-state index in [0.717, 1.165) is 11.1 Å². The van der Waals surface area contributed by atoms with Crippen molar-refractivity contribution in [3.05, 3.63) is 39.4 Å².